The molecule has 2 N–H and O–H groups in total. The number of hydrogen-bond donors (Lipinski definition) is 2. The molecule has 0 aliphatic rings. The quantitative estimate of drug-likeness (QED) is 0.562. The first kappa shape index (κ1) is 14.9. The normalized spacial score (nSPS) is 12.4. The largest absolute Gasteiger partial charge is 0.480 e. The van der Waals surface area contributed by atoms with Gasteiger partial charge in [-0.15, -0.1) is 13.2 Å². The fraction of sp³-hybridized carbons (Fsp3) is 0.615. The summed E-state index contributed by atoms with van der Waals surface area (Å²) in [4.78, 5) is 10.8. The predicted molar refractivity (Wildman–Crippen MR) is 67.5 cm³/mol. The minimum atomic E-state index is -0.772. The van der Waals surface area contributed by atoms with Crippen molar-refractivity contribution in [2.45, 2.75) is 38.6 Å². The molecule has 0 saturated heterocycles. The molecule has 0 radical (unpaired) electrons. The van der Waals surface area contributed by atoms with Crippen molar-refractivity contribution in [2.75, 3.05) is 6.54 Å². The molecule has 0 amide bonds. The molecule has 0 rings (SSSR count). The van der Waals surface area contributed by atoms with Gasteiger partial charge in [0.1, 0.15) is 6.04 Å². The maximum absolute atomic E-state index is 10.8. The lowest BCUT2D eigenvalue weighted by atomic mass is 9.97. The molecule has 0 heterocycles. The monoisotopic (exact) mass is 225 g/mol. The molecule has 3 nitrogen and oxygen atoms in total. The van der Waals surface area contributed by atoms with E-state index in [1.165, 1.54) is 0 Å². The van der Waals surface area contributed by atoms with Gasteiger partial charge in [0.15, 0.2) is 0 Å². The van der Waals surface area contributed by atoms with Gasteiger partial charge in [-0.2, -0.15) is 0 Å². The summed E-state index contributed by atoms with van der Waals surface area (Å²) in [5, 5.41) is 11.9. The van der Waals surface area contributed by atoms with E-state index in [2.05, 4.69) is 18.5 Å². The van der Waals surface area contributed by atoms with E-state index in [1.54, 1.807) is 0 Å². The Morgan fingerprint density at radius 2 is 1.94 bits per heavy atom. The number of hydrogen-bond acceptors (Lipinski definition) is 2. The van der Waals surface area contributed by atoms with Crippen LogP contribution >= 0.6 is 0 Å². The summed E-state index contributed by atoms with van der Waals surface area (Å²) >= 11 is 0. The Balaban J connectivity index is 3.86. The highest BCUT2D eigenvalue weighted by Crippen LogP contribution is 2.13. The second kappa shape index (κ2) is 9.16. The average molecular weight is 225 g/mol. The van der Waals surface area contributed by atoms with Crippen LogP contribution in [0.25, 0.3) is 0 Å². The highest BCUT2D eigenvalue weighted by atomic mass is 16.4. The van der Waals surface area contributed by atoms with Gasteiger partial charge in [-0.1, -0.05) is 19.1 Å². The minimum absolute atomic E-state index is 0.423. The zero-order chi connectivity index (χ0) is 12.4. The summed E-state index contributed by atoms with van der Waals surface area (Å²) in [6, 6.07) is -0.423. The highest BCUT2D eigenvalue weighted by molar-refractivity contribution is 5.73. The fourth-order valence-corrected chi connectivity index (χ4v) is 1.67. The van der Waals surface area contributed by atoms with Crippen LogP contribution in [0, 0.1) is 5.92 Å². The Bertz CT molecular complexity index is 216. The van der Waals surface area contributed by atoms with Gasteiger partial charge in [-0.25, -0.2) is 0 Å². The maximum Gasteiger partial charge on any atom is 0.320 e. The van der Waals surface area contributed by atoms with Gasteiger partial charge in [0.25, 0.3) is 0 Å². The molecule has 3 heteroatoms. The topological polar surface area (TPSA) is 49.3 Å². The average Bonchev–Trinajstić information content (AvgIpc) is 2.24. The van der Waals surface area contributed by atoms with Crippen LogP contribution in [0.4, 0.5) is 0 Å². The van der Waals surface area contributed by atoms with E-state index in [-0.39, 0.29) is 0 Å². The van der Waals surface area contributed by atoms with Gasteiger partial charge in [-0.05, 0) is 38.1 Å². The zero-order valence-corrected chi connectivity index (χ0v) is 10.1. The van der Waals surface area contributed by atoms with Crippen LogP contribution in [-0.2, 0) is 4.79 Å². The maximum atomic E-state index is 10.8. The summed E-state index contributed by atoms with van der Waals surface area (Å²) < 4.78 is 0. The molecule has 0 aromatic carbocycles. The van der Waals surface area contributed by atoms with Crippen molar-refractivity contribution in [2.24, 2.45) is 5.92 Å². The van der Waals surface area contributed by atoms with Gasteiger partial charge in [-0.3, -0.25) is 4.79 Å². The van der Waals surface area contributed by atoms with Crippen molar-refractivity contribution in [3.63, 3.8) is 0 Å². The van der Waals surface area contributed by atoms with Crippen molar-refractivity contribution < 1.29 is 9.90 Å². The highest BCUT2D eigenvalue weighted by Gasteiger charge is 2.14. The molecule has 0 aliphatic carbocycles. The molecular formula is C13H23NO2. The molecule has 0 bridgehead atoms. The van der Waals surface area contributed by atoms with Gasteiger partial charge in [0, 0.05) is 0 Å². The van der Waals surface area contributed by atoms with Gasteiger partial charge < -0.3 is 10.4 Å². The Labute approximate surface area is 98.2 Å². The molecule has 0 fully saturated rings. The number of aliphatic carboxylic acids is 1. The van der Waals surface area contributed by atoms with Crippen LogP contribution in [0.2, 0.25) is 0 Å². The molecule has 92 valence electrons. The summed E-state index contributed by atoms with van der Waals surface area (Å²) in [6.45, 7) is 10.0. The van der Waals surface area contributed by atoms with E-state index in [0.29, 0.717) is 12.3 Å². The first-order valence-electron chi connectivity index (χ1n) is 5.83. The van der Waals surface area contributed by atoms with E-state index in [0.717, 1.165) is 25.8 Å². The molecule has 1 atom stereocenters. The second-order valence-corrected chi connectivity index (χ2v) is 3.96. The van der Waals surface area contributed by atoms with Crippen molar-refractivity contribution >= 4 is 5.97 Å². The summed E-state index contributed by atoms with van der Waals surface area (Å²) in [5.41, 5.74) is 0. The predicted octanol–water partition coefficient (Wildman–Crippen LogP) is 2.60. The molecular weight excluding hydrogens is 202 g/mol. The molecule has 0 aromatic rings. The number of carboxylic acids is 1. The summed E-state index contributed by atoms with van der Waals surface area (Å²) in [6.07, 6.45) is 7.30. The van der Waals surface area contributed by atoms with E-state index >= 15 is 0 Å². The second-order valence-electron chi connectivity index (χ2n) is 3.96. The Morgan fingerprint density at radius 1 is 1.38 bits per heavy atom. The van der Waals surface area contributed by atoms with Crippen LogP contribution in [0.1, 0.15) is 32.6 Å². The number of rotatable bonds is 10. The summed E-state index contributed by atoms with van der Waals surface area (Å²) in [5.74, 6) is -0.250. The number of allylic oxidation sites excluding steroid dienone is 2. The standard InChI is InChI=1S/C13H23NO2/c1-4-7-11(8-5-2)9-10-14-12(6-3)13(15)16/h4-5,11-12,14H,1-2,6-10H2,3H3,(H,15,16). The van der Waals surface area contributed by atoms with Crippen LogP contribution in [-0.4, -0.2) is 23.7 Å². The van der Waals surface area contributed by atoms with E-state index in [1.807, 2.05) is 19.1 Å². The molecule has 1 unspecified atom stereocenters. The smallest absolute Gasteiger partial charge is 0.320 e. The van der Waals surface area contributed by atoms with Crippen molar-refractivity contribution in [3.05, 3.63) is 25.3 Å². The molecule has 0 aliphatic heterocycles. The minimum Gasteiger partial charge on any atom is -0.480 e. The summed E-state index contributed by atoms with van der Waals surface area (Å²) in [7, 11) is 0. The van der Waals surface area contributed by atoms with Crippen molar-refractivity contribution in [3.8, 4) is 0 Å². The van der Waals surface area contributed by atoms with Crippen molar-refractivity contribution in [1.82, 2.24) is 5.32 Å². The molecule has 0 spiro atoms. The fourth-order valence-electron chi connectivity index (χ4n) is 1.67. The van der Waals surface area contributed by atoms with E-state index < -0.39 is 12.0 Å². The van der Waals surface area contributed by atoms with Gasteiger partial charge in [0.05, 0.1) is 0 Å². The number of carbonyl (C=O) groups is 1. The van der Waals surface area contributed by atoms with Crippen LogP contribution < -0.4 is 5.32 Å². The lowest BCUT2D eigenvalue weighted by Crippen LogP contribution is -2.37. The molecule has 0 saturated carbocycles. The zero-order valence-electron chi connectivity index (χ0n) is 10.1. The van der Waals surface area contributed by atoms with Crippen LogP contribution in [0.3, 0.4) is 0 Å². The number of carboxylic acid groups (broad SMARTS) is 1. The van der Waals surface area contributed by atoms with Crippen molar-refractivity contribution in [1.29, 1.82) is 0 Å². The van der Waals surface area contributed by atoms with E-state index in [9.17, 15) is 4.79 Å². The van der Waals surface area contributed by atoms with Crippen LogP contribution in [0.5, 0.6) is 0 Å². The third-order valence-electron chi connectivity index (χ3n) is 2.65. The van der Waals surface area contributed by atoms with Gasteiger partial charge >= 0.3 is 5.97 Å². The lowest BCUT2D eigenvalue weighted by Gasteiger charge is -2.16. The Morgan fingerprint density at radius 3 is 2.31 bits per heavy atom. The van der Waals surface area contributed by atoms with E-state index in [4.69, 9.17) is 5.11 Å². The lowest BCUT2D eigenvalue weighted by molar-refractivity contribution is -0.139. The Hall–Kier alpha value is -1.09. The van der Waals surface area contributed by atoms with Crippen LogP contribution in [0.15, 0.2) is 25.3 Å². The SMILES string of the molecule is C=CCC(CC=C)CCNC(CC)C(=O)O. The van der Waals surface area contributed by atoms with Gasteiger partial charge in [0.2, 0.25) is 0 Å². The Kier molecular flexibility index (Phi) is 8.53. The molecule has 16 heavy (non-hydrogen) atoms. The first-order valence-corrected chi connectivity index (χ1v) is 5.83. The number of nitrogens with one attached hydrogen (secondary N) is 1. The first-order chi connectivity index (χ1) is 7.65. The third-order valence-corrected chi connectivity index (χ3v) is 2.65. The third kappa shape index (κ3) is 6.40. The molecule has 0 aromatic heterocycles.